The first-order valence-electron chi connectivity index (χ1n) is 7.76. The summed E-state index contributed by atoms with van der Waals surface area (Å²) in [5.41, 5.74) is -0.483. The highest BCUT2D eigenvalue weighted by Crippen LogP contribution is 2.36. The summed E-state index contributed by atoms with van der Waals surface area (Å²) in [5.74, 6) is -0.516. The summed E-state index contributed by atoms with van der Waals surface area (Å²) < 4.78 is 0. The van der Waals surface area contributed by atoms with Crippen molar-refractivity contribution < 1.29 is 14.7 Å². The van der Waals surface area contributed by atoms with Gasteiger partial charge in [-0.15, -0.1) is 0 Å². The monoisotopic (exact) mass is 412 g/mol. The first kappa shape index (κ1) is 19.0. The van der Waals surface area contributed by atoms with Gasteiger partial charge in [0.15, 0.2) is 0 Å². The maximum absolute atomic E-state index is 12.9. The Morgan fingerprint density at radius 3 is 2.46 bits per heavy atom. The molecule has 0 spiro atoms. The minimum absolute atomic E-state index is 0.227. The SMILES string of the molecule is CC1(c2ccc(Cl)cc2Cl)NC(=O)N(CC(O)c2ccccc2Cl)C1=O. The predicted molar refractivity (Wildman–Crippen MR) is 100 cm³/mol. The van der Waals surface area contributed by atoms with Gasteiger partial charge >= 0.3 is 6.03 Å². The number of hydrogen-bond acceptors (Lipinski definition) is 3. The molecule has 1 saturated heterocycles. The molecule has 1 aliphatic rings. The number of carbonyl (C=O) groups excluding carboxylic acids is 2. The average molecular weight is 414 g/mol. The number of aliphatic hydroxyl groups is 1. The molecule has 2 aromatic carbocycles. The average Bonchev–Trinajstić information content (AvgIpc) is 2.79. The van der Waals surface area contributed by atoms with Gasteiger partial charge in [-0.05, 0) is 25.1 Å². The number of urea groups is 1. The molecular weight excluding hydrogens is 399 g/mol. The van der Waals surface area contributed by atoms with Crippen molar-refractivity contribution >= 4 is 46.7 Å². The smallest absolute Gasteiger partial charge is 0.325 e. The van der Waals surface area contributed by atoms with E-state index >= 15 is 0 Å². The van der Waals surface area contributed by atoms with Crippen molar-refractivity contribution in [3.63, 3.8) is 0 Å². The van der Waals surface area contributed by atoms with E-state index in [0.717, 1.165) is 4.90 Å². The van der Waals surface area contributed by atoms with Gasteiger partial charge in [-0.1, -0.05) is 59.1 Å². The number of β-amino-alcohol motifs (C(OH)–C–C–N with tert-alkyl or cyclic N) is 1. The Bertz CT molecular complexity index is 890. The summed E-state index contributed by atoms with van der Waals surface area (Å²) in [6, 6.07) is 10.8. The number of imide groups is 1. The van der Waals surface area contributed by atoms with E-state index in [-0.39, 0.29) is 11.6 Å². The van der Waals surface area contributed by atoms with Crippen molar-refractivity contribution in [3.8, 4) is 0 Å². The van der Waals surface area contributed by atoms with E-state index in [1.165, 1.54) is 6.07 Å². The molecular formula is C18H15Cl3N2O3. The van der Waals surface area contributed by atoms with Crippen LogP contribution in [0.4, 0.5) is 4.79 Å². The van der Waals surface area contributed by atoms with Gasteiger partial charge in [-0.25, -0.2) is 4.79 Å². The van der Waals surface area contributed by atoms with Gasteiger partial charge in [0.25, 0.3) is 5.91 Å². The van der Waals surface area contributed by atoms with E-state index in [1.54, 1.807) is 43.3 Å². The predicted octanol–water partition coefficient (Wildman–Crippen LogP) is 4.15. The zero-order chi connectivity index (χ0) is 19.1. The first-order valence-corrected chi connectivity index (χ1v) is 8.89. The van der Waals surface area contributed by atoms with Gasteiger partial charge < -0.3 is 10.4 Å². The number of hydrogen-bond donors (Lipinski definition) is 2. The summed E-state index contributed by atoms with van der Waals surface area (Å²) in [6.45, 7) is 1.33. The van der Waals surface area contributed by atoms with Crippen LogP contribution >= 0.6 is 34.8 Å². The van der Waals surface area contributed by atoms with E-state index in [4.69, 9.17) is 34.8 Å². The van der Waals surface area contributed by atoms with Crippen molar-refractivity contribution in [1.82, 2.24) is 10.2 Å². The minimum Gasteiger partial charge on any atom is -0.386 e. The number of carbonyl (C=O) groups is 2. The van der Waals surface area contributed by atoms with Gasteiger partial charge in [0.05, 0.1) is 12.6 Å². The third-order valence-corrected chi connectivity index (χ3v) is 5.26. The normalized spacial score (nSPS) is 21.0. The maximum atomic E-state index is 12.9. The van der Waals surface area contributed by atoms with E-state index in [1.807, 2.05) is 0 Å². The number of aliphatic hydroxyl groups excluding tert-OH is 1. The Balaban J connectivity index is 1.88. The van der Waals surface area contributed by atoms with Crippen LogP contribution in [-0.4, -0.2) is 28.5 Å². The van der Waals surface area contributed by atoms with E-state index in [9.17, 15) is 14.7 Å². The van der Waals surface area contributed by atoms with Gasteiger partial charge in [-0.3, -0.25) is 9.69 Å². The third kappa shape index (κ3) is 3.28. The molecule has 0 radical (unpaired) electrons. The van der Waals surface area contributed by atoms with Crippen LogP contribution in [0.3, 0.4) is 0 Å². The molecule has 3 amide bonds. The number of nitrogens with zero attached hydrogens (tertiary/aromatic N) is 1. The van der Waals surface area contributed by atoms with Crippen molar-refractivity contribution in [2.45, 2.75) is 18.6 Å². The zero-order valence-corrected chi connectivity index (χ0v) is 15.9. The molecule has 0 bridgehead atoms. The summed E-state index contributed by atoms with van der Waals surface area (Å²) in [4.78, 5) is 26.3. The van der Waals surface area contributed by atoms with E-state index < -0.39 is 23.6 Å². The molecule has 26 heavy (non-hydrogen) atoms. The molecule has 0 aliphatic carbocycles. The molecule has 2 N–H and O–H groups in total. The highest BCUT2D eigenvalue weighted by Gasteiger charge is 2.50. The highest BCUT2D eigenvalue weighted by atomic mass is 35.5. The van der Waals surface area contributed by atoms with Crippen molar-refractivity contribution in [1.29, 1.82) is 0 Å². The fourth-order valence-electron chi connectivity index (χ4n) is 2.96. The quantitative estimate of drug-likeness (QED) is 0.740. The molecule has 1 aliphatic heterocycles. The maximum Gasteiger partial charge on any atom is 0.325 e. The summed E-state index contributed by atoms with van der Waals surface area (Å²) in [7, 11) is 0. The summed E-state index contributed by atoms with van der Waals surface area (Å²) in [6.07, 6.45) is -1.11. The largest absolute Gasteiger partial charge is 0.386 e. The Labute approximate surface area is 165 Å². The van der Waals surface area contributed by atoms with Crippen LogP contribution < -0.4 is 5.32 Å². The van der Waals surface area contributed by atoms with Crippen LogP contribution in [-0.2, 0) is 10.3 Å². The second-order valence-electron chi connectivity index (χ2n) is 6.13. The molecule has 1 fully saturated rings. The topological polar surface area (TPSA) is 69.6 Å². The number of benzene rings is 2. The fourth-order valence-corrected chi connectivity index (χ4v) is 3.82. The number of rotatable bonds is 4. The molecule has 136 valence electrons. The molecule has 2 aromatic rings. The van der Waals surface area contributed by atoms with Crippen LogP contribution in [0.15, 0.2) is 42.5 Å². The Kier molecular flexibility index (Phi) is 5.17. The molecule has 0 saturated carbocycles. The van der Waals surface area contributed by atoms with Crippen molar-refractivity contribution in [2.75, 3.05) is 6.54 Å². The number of nitrogens with one attached hydrogen (secondary N) is 1. The lowest BCUT2D eigenvalue weighted by molar-refractivity contribution is -0.132. The molecule has 0 aromatic heterocycles. The standard InChI is InChI=1S/C18H15Cl3N2O3/c1-18(12-7-6-10(19)8-14(12)21)16(25)23(17(26)22-18)9-15(24)11-4-2-3-5-13(11)20/h2-8,15,24H,9H2,1H3,(H,22,26). The number of halogens is 3. The van der Waals surface area contributed by atoms with E-state index in [2.05, 4.69) is 5.32 Å². The van der Waals surface area contributed by atoms with E-state index in [0.29, 0.717) is 21.2 Å². The van der Waals surface area contributed by atoms with Crippen molar-refractivity contribution in [3.05, 3.63) is 68.7 Å². The molecule has 2 unspecified atom stereocenters. The minimum atomic E-state index is -1.35. The second kappa shape index (κ2) is 7.08. The van der Waals surface area contributed by atoms with Gasteiger partial charge in [0, 0.05) is 26.2 Å². The molecule has 1 heterocycles. The van der Waals surface area contributed by atoms with Gasteiger partial charge in [0.1, 0.15) is 5.54 Å². The summed E-state index contributed by atoms with van der Waals surface area (Å²) >= 11 is 18.2. The summed E-state index contributed by atoms with van der Waals surface area (Å²) in [5, 5.41) is 14.1. The molecule has 3 rings (SSSR count). The second-order valence-corrected chi connectivity index (χ2v) is 7.38. The van der Waals surface area contributed by atoms with Crippen LogP contribution in [0.5, 0.6) is 0 Å². The fraction of sp³-hybridized carbons (Fsp3) is 0.222. The van der Waals surface area contributed by atoms with Crippen LogP contribution in [0.1, 0.15) is 24.2 Å². The molecule has 8 heteroatoms. The van der Waals surface area contributed by atoms with Crippen LogP contribution in [0.2, 0.25) is 15.1 Å². The lowest BCUT2D eigenvalue weighted by atomic mass is 9.92. The van der Waals surface area contributed by atoms with Crippen LogP contribution in [0.25, 0.3) is 0 Å². The van der Waals surface area contributed by atoms with Gasteiger partial charge in [0.2, 0.25) is 0 Å². The Morgan fingerprint density at radius 2 is 1.81 bits per heavy atom. The number of amides is 3. The third-order valence-electron chi connectivity index (χ3n) is 4.36. The van der Waals surface area contributed by atoms with Crippen LogP contribution in [0, 0.1) is 0 Å². The molecule has 2 atom stereocenters. The lowest BCUT2D eigenvalue weighted by Crippen LogP contribution is -2.41. The first-order chi connectivity index (χ1) is 12.2. The Morgan fingerprint density at radius 1 is 1.12 bits per heavy atom. The lowest BCUT2D eigenvalue weighted by Gasteiger charge is -2.24. The van der Waals surface area contributed by atoms with Gasteiger partial charge in [-0.2, -0.15) is 0 Å². The van der Waals surface area contributed by atoms with Crippen molar-refractivity contribution in [2.24, 2.45) is 0 Å². The highest BCUT2D eigenvalue weighted by molar-refractivity contribution is 6.35. The molecule has 5 nitrogen and oxygen atoms in total. The Hall–Kier alpha value is -1.79. The zero-order valence-electron chi connectivity index (χ0n) is 13.7.